The fraction of sp³-hybridized carbons (Fsp3) is 0.214. The number of nitrogens with one attached hydrogen (secondary N) is 1. The number of halogens is 1. The average Bonchev–Trinajstić information content (AvgIpc) is 2.93. The molecular formula is C14H14ClNO2S. The second-order valence-electron chi connectivity index (χ2n) is 4.10. The summed E-state index contributed by atoms with van der Waals surface area (Å²) in [4.78, 5) is 11.9. The van der Waals surface area contributed by atoms with Gasteiger partial charge in [-0.1, -0.05) is 23.7 Å². The van der Waals surface area contributed by atoms with Gasteiger partial charge in [-0.2, -0.15) is 11.3 Å². The van der Waals surface area contributed by atoms with Gasteiger partial charge in [0.2, 0.25) is 0 Å². The van der Waals surface area contributed by atoms with E-state index in [0.717, 1.165) is 5.56 Å². The molecule has 1 atom stereocenters. The van der Waals surface area contributed by atoms with E-state index in [1.165, 1.54) is 0 Å². The van der Waals surface area contributed by atoms with Crippen LogP contribution in [0.5, 0.6) is 0 Å². The molecule has 0 aliphatic heterocycles. The molecule has 0 saturated heterocycles. The standard InChI is InChI=1S/C14H14ClNO2S/c15-12-4-2-1-3-11(12)14(18)16-7-5-13(17)10-6-8-19-9-10/h1-4,6,8-9,13,17H,5,7H2,(H,16,18). The Morgan fingerprint density at radius 1 is 1.37 bits per heavy atom. The van der Waals surface area contributed by atoms with Gasteiger partial charge < -0.3 is 10.4 Å². The lowest BCUT2D eigenvalue weighted by atomic mass is 10.1. The summed E-state index contributed by atoms with van der Waals surface area (Å²) >= 11 is 7.47. The number of hydrogen-bond donors (Lipinski definition) is 2. The first-order valence-electron chi connectivity index (χ1n) is 5.91. The highest BCUT2D eigenvalue weighted by molar-refractivity contribution is 7.07. The monoisotopic (exact) mass is 295 g/mol. The number of benzene rings is 1. The van der Waals surface area contributed by atoms with Crippen LogP contribution < -0.4 is 5.32 Å². The van der Waals surface area contributed by atoms with E-state index in [9.17, 15) is 9.90 Å². The second-order valence-corrected chi connectivity index (χ2v) is 5.28. The molecule has 2 N–H and O–H groups in total. The summed E-state index contributed by atoms with van der Waals surface area (Å²) in [5.74, 6) is -0.219. The van der Waals surface area contributed by atoms with Crippen LogP contribution in [0, 0.1) is 0 Å². The van der Waals surface area contributed by atoms with Gasteiger partial charge in [-0.05, 0) is 40.9 Å². The van der Waals surface area contributed by atoms with Gasteiger partial charge in [0.1, 0.15) is 0 Å². The van der Waals surface area contributed by atoms with E-state index in [4.69, 9.17) is 11.6 Å². The Kier molecular flexibility index (Phi) is 4.96. The molecule has 1 heterocycles. The van der Waals surface area contributed by atoms with Crippen molar-refractivity contribution in [3.05, 3.63) is 57.2 Å². The molecule has 1 aromatic heterocycles. The third kappa shape index (κ3) is 3.80. The van der Waals surface area contributed by atoms with Crippen molar-refractivity contribution in [2.45, 2.75) is 12.5 Å². The maximum atomic E-state index is 11.9. The normalized spacial score (nSPS) is 12.1. The molecule has 1 aromatic carbocycles. The lowest BCUT2D eigenvalue weighted by molar-refractivity contribution is 0.0943. The minimum atomic E-state index is -0.544. The van der Waals surface area contributed by atoms with Crippen molar-refractivity contribution in [2.75, 3.05) is 6.54 Å². The van der Waals surface area contributed by atoms with Crippen molar-refractivity contribution < 1.29 is 9.90 Å². The van der Waals surface area contributed by atoms with Crippen LogP contribution in [0.3, 0.4) is 0 Å². The Labute approximate surface area is 120 Å². The molecule has 3 nitrogen and oxygen atoms in total. The van der Waals surface area contributed by atoms with Crippen LogP contribution in [0.4, 0.5) is 0 Å². The van der Waals surface area contributed by atoms with Crippen LogP contribution in [0.15, 0.2) is 41.1 Å². The third-order valence-electron chi connectivity index (χ3n) is 2.75. The van der Waals surface area contributed by atoms with E-state index in [1.807, 2.05) is 16.8 Å². The Morgan fingerprint density at radius 2 is 2.16 bits per heavy atom. The maximum Gasteiger partial charge on any atom is 0.252 e. The molecule has 2 rings (SSSR count). The highest BCUT2D eigenvalue weighted by Gasteiger charge is 2.11. The smallest absolute Gasteiger partial charge is 0.252 e. The predicted molar refractivity (Wildman–Crippen MR) is 77.7 cm³/mol. The highest BCUT2D eigenvalue weighted by atomic mass is 35.5. The zero-order valence-electron chi connectivity index (χ0n) is 10.2. The number of carbonyl (C=O) groups excluding carboxylic acids is 1. The van der Waals surface area contributed by atoms with Gasteiger partial charge in [0, 0.05) is 6.54 Å². The van der Waals surface area contributed by atoms with Gasteiger partial charge in [0.25, 0.3) is 5.91 Å². The molecule has 0 bridgehead atoms. The van der Waals surface area contributed by atoms with Gasteiger partial charge in [0.15, 0.2) is 0 Å². The summed E-state index contributed by atoms with van der Waals surface area (Å²) in [6.07, 6.45) is -0.0646. The van der Waals surface area contributed by atoms with E-state index >= 15 is 0 Å². The van der Waals surface area contributed by atoms with Crippen LogP contribution in [0.25, 0.3) is 0 Å². The highest BCUT2D eigenvalue weighted by Crippen LogP contribution is 2.19. The van der Waals surface area contributed by atoms with E-state index in [-0.39, 0.29) is 5.91 Å². The van der Waals surface area contributed by atoms with E-state index < -0.39 is 6.10 Å². The SMILES string of the molecule is O=C(NCCC(O)c1ccsc1)c1ccccc1Cl. The molecule has 2 aromatic rings. The predicted octanol–water partition coefficient (Wildman–Crippen LogP) is 3.26. The Balaban J connectivity index is 1.83. The Bertz CT molecular complexity index is 542. The third-order valence-corrected chi connectivity index (χ3v) is 3.78. The van der Waals surface area contributed by atoms with E-state index in [0.29, 0.717) is 23.6 Å². The van der Waals surface area contributed by atoms with Crippen LogP contribution >= 0.6 is 22.9 Å². The van der Waals surface area contributed by atoms with E-state index in [2.05, 4.69) is 5.32 Å². The van der Waals surface area contributed by atoms with Crippen LogP contribution in [0.1, 0.15) is 28.4 Å². The molecule has 0 fully saturated rings. The molecule has 0 aliphatic rings. The first-order chi connectivity index (χ1) is 9.18. The molecule has 0 saturated carbocycles. The van der Waals surface area contributed by atoms with Crippen LogP contribution in [-0.4, -0.2) is 17.6 Å². The number of amides is 1. The molecule has 0 aliphatic carbocycles. The maximum absolute atomic E-state index is 11.9. The van der Waals surface area contributed by atoms with Crippen LogP contribution in [-0.2, 0) is 0 Å². The van der Waals surface area contributed by atoms with Gasteiger partial charge in [-0.15, -0.1) is 0 Å². The summed E-state index contributed by atoms with van der Waals surface area (Å²) in [5, 5.41) is 16.9. The molecule has 5 heteroatoms. The van der Waals surface area contributed by atoms with Crippen molar-refractivity contribution in [3.8, 4) is 0 Å². The molecule has 1 unspecified atom stereocenters. The van der Waals surface area contributed by atoms with Gasteiger partial charge >= 0.3 is 0 Å². The Hall–Kier alpha value is -1.36. The summed E-state index contributed by atoms with van der Waals surface area (Å²) in [7, 11) is 0. The number of aliphatic hydroxyl groups excluding tert-OH is 1. The molecule has 0 spiro atoms. The lowest BCUT2D eigenvalue weighted by Gasteiger charge is -2.10. The van der Waals surface area contributed by atoms with Crippen molar-refractivity contribution >= 4 is 28.8 Å². The van der Waals surface area contributed by atoms with Crippen molar-refractivity contribution in [2.24, 2.45) is 0 Å². The summed E-state index contributed by atoms with van der Waals surface area (Å²) < 4.78 is 0. The minimum Gasteiger partial charge on any atom is -0.388 e. The van der Waals surface area contributed by atoms with Gasteiger partial charge in [0.05, 0.1) is 16.7 Å². The average molecular weight is 296 g/mol. The number of thiophene rings is 1. The summed E-state index contributed by atoms with van der Waals surface area (Å²) in [6, 6.07) is 8.77. The molecule has 19 heavy (non-hydrogen) atoms. The molecule has 0 radical (unpaired) electrons. The number of hydrogen-bond acceptors (Lipinski definition) is 3. The molecular weight excluding hydrogens is 282 g/mol. The number of aliphatic hydroxyl groups is 1. The zero-order chi connectivity index (χ0) is 13.7. The second kappa shape index (κ2) is 6.70. The van der Waals surface area contributed by atoms with Crippen molar-refractivity contribution in [3.63, 3.8) is 0 Å². The topological polar surface area (TPSA) is 49.3 Å². The van der Waals surface area contributed by atoms with Crippen molar-refractivity contribution in [1.82, 2.24) is 5.32 Å². The molecule has 1 amide bonds. The van der Waals surface area contributed by atoms with Gasteiger partial charge in [-0.25, -0.2) is 0 Å². The first kappa shape index (κ1) is 14.1. The fourth-order valence-electron chi connectivity index (χ4n) is 1.69. The van der Waals surface area contributed by atoms with Gasteiger partial charge in [-0.3, -0.25) is 4.79 Å². The zero-order valence-corrected chi connectivity index (χ0v) is 11.7. The van der Waals surface area contributed by atoms with E-state index in [1.54, 1.807) is 35.6 Å². The van der Waals surface area contributed by atoms with Crippen molar-refractivity contribution in [1.29, 1.82) is 0 Å². The summed E-state index contributed by atoms with van der Waals surface area (Å²) in [6.45, 7) is 0.404. The first-order valence-corrected chi connectivity index (χ1v) is 7.23. The largest absolute Gasteiger partial charge is 0.388 e. The van der Waals surface area contributed by atoms with Crippen LogP contribution in [0.2, 0.25) is 5.02 Å². The Morgan fingerprint density at radius 3 is 2.84 bits per heavy atom. The fourth-order valence-corrected chi connectivity index (χ4v) is 2.62. The molecule has 100 valence electrons. The summed E-state index contributed by atoms with van der Waals surface area (Å²) in [5.41, 5.74) is 1.34. The number of carbonyl (C=O) groups is 1. The quantitative estimate of drug-likeness (QED) is 0.889. The number of rotatable bonds is 5. The lowest BCUT2D eigenvalue weighted by Crippen LogP contribution is -2.25. The minimum absolute atomic E-state index is 0.219.